The molecule has 0 aliphatic heterocycles. The van der Waals surface area contributed by atoms with Crippen LogP contribution in [-0.2, 0) is 5.92 Å². The topological polar surface area (TPSA) is 0 Å². The predicted octanol–water partition coefficient (Wildman–Crippen LogP) is 8.56. The van der Waals surface area contributed by atoms with E-state index in [-0.39, 0.29) is 9.38 Å². The first-order valence-electron chi connectivity index (χ1n) is 9.12. The van der Waals surface area contributed by atoms with Gasteiger partial charge in [0.15, 0.2) is 0 Å². The molecule has 0 aliphatic carbocycles. The molecule has 2 aromatic heterocycles. The lowest BCUT2D eigenvalue weighted by molar-refractivity contribution is -0.434. The van der Waals surface area contributed by atoms with Gasteiger partial charge in [-0.05, 0) is 22.0 Å². The van der Waals surface area contributed by atoms with Crippen molar-refractivity contribution < 1.29 is 61.5 Å². The molecule has 2 heterocycles. The smallest absolute Gasteiger partial charge is 0.203 e. The summed E-state index contributed by atoms with van der Waals surface area (Å²) < 4.78 is 192. The van der Waals surface area contributed by atoms with Crippen molar-refractivity contribution in [3.63, 3.8) is 0 Å². The van der Waals surface area contributed by atoms with Crippen LogP contribution in [0.5, 0.6) is 0 Å². The van der Waals surface area contributed by atoms with Crippen LogP contribution < -0.4 is 4.50 Å². The van der Waals surface area contributed by atoms with E-state index in [1.54, 1.807) is 0 Å². The first-order valence-corrected chi connectivity index (χ1v) is 14.3. The molecule has 0 N–H and O–H groups in total. The van der Waals surface area contributed by atoms with Gasteiger partial charge >= 0.3 is 42.0 Å². The minimum Gasteiger partial charge on any atom is -0.203 e. The van der Waals surface area contributed by atoms with Crippen molar-refractivity contribution in [1.29, 1.82) is 0 Å². The third kappa shape index (κ3) is 4.28. The summed E-state index contributed by atoms with van der Waals surface area (Å²) in [5.41, 5.74) is -1.92. The number of hydrogen-bond acceptors (Lipinski definition) is 2. The Kier molecular flexibility index (Phi) is 7.34. The Hall–Kier alpha value is -1.36. The number of halogens is 14. The van der Waals surface area contributed by atoms with Gasteiger partial charge in [-0.2, -0.15) is 52.7 Å². The highest BCUT2D eigenvalue weighted by Gasteiger charge is 2.91. The van der Waals surface area contributed by atoms with Crippen molar-refractivity contribution in [3.8, 4) is 9.75 Å². The maximum Gasteiger partial charge on any atom is 0.385 e. The Balaban J connectivity index is 2.76. The van der Waals surface area contributed by atoms with E-state index >= 15 is 0 Å². The van der Waals surface area contributed by atoms with E-state index < -0.39 is 60.5 Å². The SMILES string of the molecule is C[Si](C)(C)c1cc(C(F)(F)C(F)(F)C(F)(F)C(F)(F)C(F)(F)C(F)(F)C(F)F)c(-c2cccs2)s1. The van der Waals surface area contributed by atoms with Gasteiger partial charge in [-0.1, -0.05) is 25.7 Å². The van der Waals surface area contributed by atoms with Crippen molar-refractivity contribution in [3.05, 3.63) is 29.1 Å². The van der Waals surface area contributed by atoms with Crippen molar-refractivity contribution in [2.45, 2.75) is 61.6 Å². The summed E-state index contributed by atoms with van der Waals surface area (Å²) in [4.78, 5) is -0.944. The van der Waals surface area contributed by atoms with Crippen LogP contribution in [0.1, 0.15) is 5.56 Å². The summed E-state index contributed by atoms with van der Waals surface area (Å²) in [6.45, 7) is 4.60. The van der Waals surface area contributed by atoms with E-state index in [1.807, 2.05) is 0 Å². The minimum absolute atomic E-state index is 0.0102. The fourth-order valence-electron chi connectivity index (χ4n) is 2.69. The Morgan fingerprint density at radius 2 is 1.23 bits per heavy atom. The highest BCUT2D eigenvalue weighted by Crippen LogP contribution is 2.63. The summed E-state index contributed by atoms with van der Waals surface area (Å²) in [6.07, 6.45) is -5.71. The first-order chi connectivity index (χ1) is 15.4. The maximum atomic E-state index is 14.9. The average molecular weight is 589 g/mol. The number of rotatable bonds is 9. The number of alkyl halides is 14. The van der Waals surface area contributed by atoms with Gasteiger partial charge in [0.25, 0.3) is 0 Å². The molecule has 35 heavy (non-hydrogen) atoms. The van der Waals surface area contributed by atoms with Gasteiger partial charge in [0, 0.05) is 10.4 Å². The van der Waals surface area contributed by atoms with Crippen LogP contribution in [-0.4, -0.2) is 44.1 Å². The summed E-state index contributed by atoms with van der Waals surface area (Å²) in [5, 5.41) is 1.28. The van der Waals surface area contributed by atoms with Crippen LogP contribution >= 0.6 is 22.7 Å². The van der Waals surface area contributed by atoms with E-state index in [0.29, 0.717) is 28.7 Å². The zero-order chi connectivity index (χ0) is 27.6. The highest BCUT2D eigenvalue weighted by molar-refractivity contribution is 7.30. The number of hydrogen-bond donors (Lipinski definition) is 0. The molecule has 0 radical (unpaired) electrons. The van der Waals surface area contributed by atoms with E-state index in [0.717, 1.165) is 6.07 Å². The van der Waals surface area contributed by atoms with E-state index in [1.165, 1.54) is 31.1 Å². The van der Waals surface area contributed by atoms with Gasteiger partial charge in [0.2, 0.25) is 0 Å². The normalized spacial score (nSPS) is 15.3. The Labute approximate surface area is 197 Å². The largest absolute Gasteiger partial charge is 0.385 e. The molecule has 0 bridgehead atoms. The highest BCUT2D eigenvalue weighted by atomic mass is 32.1. The van der Waals surface area contributed by atoms with E-state index in [4.69, 9.17) is 0 Å². The molecule has 0 aliphatic rings. The third-order valence-corrected chi connectivity index (χ3v) is 10.6. The molecule has 200 valence electrons. The molecule has 0 amide bonds. The predicted molar refractivity (Wildman–Crippen MR) is 105 cm³/mol. The van der Waals surface area contributed by atoms with Crippen molar-refractivity contribution in [2.24, 2.45) is 0 Å². The lowest BCUT2D eigenvalue weighted by Gasteiger charge is -2.41. The Bertz CT molecular complexity index is 1030. The van der Waals surface area contributed by atoms with Gasteiger partial charge in [-0.3, -0.25) is 0 Å². The summed E-state index contributed by atoms with van der Waals surface area (Å²) in [6, 6.07) is 2.70. The summed E-state index contributed by atoms with van der Waals surface area (Å²) >= 11 is 1.13. The summed E-state index contributed by atoms with van der Waals surface area (Å²) in [7, 11) is -2.64. The minimum atomic E-state index is -8.03. The second-order valence-electron chi connectivity index (χ2n) is 8.38. The molecule has 0 atom stereocenters. The van der Waals surface area contributed by atoms with Crippen molar-refractivity contribution in [2.75, 3.05) is 0 Å². The maximum absolute atomic E-state index is 14.9. The van der Waals surface area contributed by atoms with Gasteiger partial charge in [0.05, 0.1) is 13.0 Å². The fourth-order valence-corrected chi connectivity index (χ4v) is 6.61. The van der Waals surface area contributed by atoms with Crippen LogP contribution in [0, 0.1) is 0 Å². The third-order valence-electron chi connectivity index (χ3n) is 4.82. The molecule has 0 unspecified atom stereocenters. The molecule has 2 rings (SSSR count). The lowest BCUT2D eigenvalue weighted by atomic mass is 9.89. The second kappa shape index (κ2) is 8.60. The zero-order valence-corrected chi connectivity index (χ0v) is 20.1. The standard InChI is InChI=1S/C18H14F14S2Si/c1-35(2,3)10-7-8(11(34-10)9-5-4-6-33-9)13(21,22)15(25,26)17(29,30)18(31,32)16(27,28)14(23,24)12(19)20/h4-7,12H,1-3H3. The van der Waals surface area contributed by atoms with Crippen LogP contribution in [0.15, 0.2) is 23.6 Å². The van der Waals surface area contributed by atoms with Gasteiger partial charge < -0.3 is 0 Å². The molecular formula is C18H14F14S2Si. The van der Waals surface area contributed by atoms with Gasteiger partial charge in [-0.25, -0.2) is 8.78 Å². The van der Waals surface area contributed by atoms with Crippen LogP contribution in [0.2, 0.25) is 19.6 Å². The van der Waals surface area contributed by atoms with Crippen LogP contribution in [0.3, 0.4) is 0 Å². The zero-order valence-electron chi connectivity index (χ0n) is 17.5. The molecule has 0 saturated heterocycles. The van der Waals surface area contributed by atoms with Gasteiger partial charge in [-0.15, -0.1) is 22.7 Å². The fraction of sp³-hybridized carbons (Fsp3) is 0.556. The molecule has 0 nitrogen and oxygen atoms in total. The molecule has 0 spiro atoms. The summed E-state index contributed by atoms with van der Waals surface area (Å²) in [5.74, 6) is -44.8. The monoisotopic (exact) mass is 588 g/mol. The molecular weight excluding hydrogens is 574 g/mol. The first kappa shape index (κ1) is 29.9. The quantitative estimate of drug-likeness (QED) is 0.204. The molecule has 0 saturated carbocycles. The van der Waals surface area contributed by atoms with Crippen LogP contribution in [0.25, 0.3) is 9.75 Å². The van der Waals surface area contributed by atoms with Gasteiger partial charge in [0.1, 0.15) is 0 Å². The molecule has 0 aromatic carbocycles. The average Bonchev–Trinajstić information content (AvgIpc) is 3.36. The van der Waals surface area contributed by atoms with Crippen molar-refractivity contribution >= 4 is 35.2 Å². The lowest BCUT2D eigenvalue weighted by Crippen LogP contribution is -2.71. The number of thiophene rings is 2. The molecule has 0 fully saturated rings. The molecule has 17 heteroatoms. The van der Waals surface area contributed by atoms with E-state index in [9.17, 15) is 61.5 Å². The van der Waals surface area contributed by atoms with E-state index in [2.05, 4.69) is 0 Å². The molecule has 2 aromatic rings. The van der Waals surface area contributed by atoms with Crippen LogP contribution in [0.4, 0.5) is 61.5 Å². The second-order valence-corrected chi connectivity index (χ2v) is 15.8. The Morgan fingerprint density at radius 1 is 0.743 bits per heavy atom. The Morgan fingerprint density at radius 3 is 1.63 bits per heavy atom. The van der Waals surface area contributed by atoms with Crippen molar-refractivity contribution in [1.82, 2.24) is 0 Å².